The van der Waals surface area contributed by atoms with Gasteiger partial charge in [-0.25, -0.2) is 0 Å². The number of aromatic nitrogens is 4. The van der Waals surface area contributed by atoms with Crippen LogP contribution in [0.1, 0.15) is 12.7 Å². The second kappa shape index (κ2) is 4.33. The van der Waals surface area contributed by atoms with E-state index in [2.05, 4.69) is 31.2 Å². The van der Waals surface area contributed by atoms with Gasteiger partial charge >= 0.3 is 0 Å². The third-order valence-electron chi connectivity index (χ3n) is 2.54. The predicted octanol–water partition coefficient (Wildman–Crippen LogP) is 2.76. The number of aryl methyl sites for hydroxylation is 1. The molecular weight excluding hydrogens is 314 g/mol. The van der Waals surface area contributed by atoms with E-state index in [0.717, 1.165) is 32.2 Å². The van der Waals surface area contributed by atoms with Crippen LogP contribution in [0.25, 0.3) is 15.5 Å². The highest BCUT2D eigenvalue weighted by molar-refractivity contribution is 9.10. The molecule has 7 heteroatoms. The summed E-state index contributed by atoms with van der Waals surface area (Å²) >= 11 is 4.94. The number of rotatable bonds is 2. The summed E-state index contributed by atoms with van der Waals surface area (Å²) < 4.78 is 2.73. The molecule has 0 bridgehead atoms. The quantitative estimate of drug-likeness (QED) is 0.736. The van der Waals surface area contributed by atoms with Crippen LogP contribution in [0.2, 0.25) is 0 Å². The SMILES string of the molecule is CCc1nnc2sc(-c3cc(N)cc(Br)c3)nn12. The van der Waals surface area contributed by atoms with Gasteiger partial charge in [0, 0.05) is 22.1 Å². The van der Waals surface area contributed by atoms with E-state index < -0.39 is 0 Å². The Hall–Kier alpha value is -1.47. The molecule has 0 spiro atoms. The molecule has 0 aliphatic rings. The zero-order valence-electron chi connectivity index (χ0n) is 9.59. The standard InChI is InChI=1S/C11H10BrN5S/c1-2-9-14-15-11-17(9)16-10(18-11)6-3-7(12)5-8(13)4-6/h3-5H,2,13H2,1H3. The van der Waals surface area contributed by atoms with Crippen molar-refractivity contribution in [1.29, 1.82) is 0 Å². The Kier molecular flexibility index (Phi) is 2.79. The molecular formula is C11H10BrN5S. The Morgan fingerprint density at radius 2 is 2.17 bits per heavy atom. The lowest BCUT2D eigenvalue weighted by molar-refractivity contribution is 0.838. The summed E-state index contributed by atoms with van der Waals surface area (Å²) in [5.74, 6) is 0.871. The van der Waals surface area contributed by atoms with Gasteiger partial charge in [0.25, 0.3) is 0 Å². The van der Waals surface area contributed by atoms with E-state index in [1.165, 1.54) is 11.3 Å². The van der Waals surface area contributed by atoms with E-state index in [9.17, 15) is 0 Å². The van der Waals surface area contributed by atoms with Gasteiger partial charge in [0.15, 0.2) is 5.82 Å². The third-order valence-corrected chi connectivity index (χ3v) is 3.94. The number of anilines is 1. The van der Waals surface area contributed by atoms with Crippen molar-refractivity contribution in [2.24, 2.45) is 0 Å². The van der Waals surface area contributed by atoms with Gasteiger partial charge in [0.05, 0.1) is 0 Å². The highest BCUT2D eigenvalue weighted by atomic mass is 79.9. The van der Waals surface area contributed by atoms with Crippen LogP contribution in [0.4, 0.5) is 5.69 Å². The fraction of sp³-hybridized carbons (Fsp3) is 0.182. The fourth-order valence-corrected chi connectivity index (χ4v) is 3.09. The minimum Gasteiger partial charge on any atom is -0.399 e. The lowest BCUT2D eigenvalue weighted by Gasteiger charge is -1.99. The molecule has 0 atom stereocenters. The average Bonchev–Trinajstić information content (AvgIpc) is 2.86. The van der Waals surface area contributed by atoms with E-state index in [0.29, 0.717) is 5.69 Å². The van der Waals surface area contributed by atoms with E-state index in [4.69, 9.17) is 5.73 Å². The van der Waals surface area contributed by atoms with Crippen molar-refractivity contribution in [3.63, 3.8) is 0 Å². The maximum absolute atomic E-state index is 5.83. The molecule has 2 N–H and O–H groups in total. The number of halogens is 1. The number of fused-ring (bicyclic) bond motifs is 1. The van der Waals surface area contributed by atoms with Gasteiger partial charge < -0.3 is 5.73 Å². The molecule has 5 nitrogen and oxygen atoms in total. The number of nitrogens with two attached hydrogens (primary N) is 1. The first kappa shape index (κ1) is 11.6. The molecule has 0 unspecified atom stereocenters. The second-order valence-electron chi connectivity index (χ2n) is 3.84. The molecule has 18 heavy (non-hydrogen) atoms. The summed E-state index contributed by atoms with van der Waals surface area (Å²) in [7, 11) is 0. The zero-order valence-corrected chi connectivity index (χ0v) is 12.0. The second-order valence-corrected chi connectivity index (χ2v) is 5.72. The lowest BCUT2D eigenvalue weighted by atomic mass is 10.2. The molecule has 0 aliphatic carbocycles. The van der Waals surface area contributed by atoms with Crippen LogP contribution in [0.3, 0.4) is 0 Å². The van der Waals surface area contributed by atoms with Crippen molar-refractivity contribution in [3.05, 3.63) is 28.5 Å². The fourth-order valence-electron chi connectivity index (χ4n) is 1.73. The Morgan fingerprint density at radius 3 is 2.89 bits per heavy atom. The van der Waals surface area contributed by atoms with Crippen LogP contribution in [0, 0.1) is 0 Å². The summed E-state index contributed by atoms with van der Waals surface area (Å²) in [5, 5.41) is 13.6. The summed E-state index contributed by atoms with van der Waals surface area (Å²) in [4.78, 5) is 0.806. The highest BCUT2D eigenvalue weighted by Crippen LogP contribution is 2.29. The van der Waals surface area contributed by atoms with Crippen molar-refractivity contribution in [1.82, 2.24) is 19.8 Å². The maximum Gasteiger partial charge on any atom is 0.234 e. The van der Waals surface area contributed by atoms with Gasteiger partial charge in [-0.15, -0.1) is 10.2 Å². The normalized spacial score (nSPS) is 11.2. The van der Waals surface area contributed by atoms with Crippen LogP contribution >= 0.6 is 27.3 Å². The van der Waals surface area contributed by atoms with Gasteiger partial charge in [0.2, 0.25) is 4.96 Å². The number of benzene rings is 1. The van der Waals surface area contributed by atoms with Crippen LogP contribution in [0.5, 0.6) is 0 Å². The van der Waals surface area contributed by atoms with Crippen molar-refractivity contribution in [2.45, 2.75) is 13.3 Å². The molecule has 0 saturated carbocycles. The van der Waals surface area contributed by atoms with Gasteiger partial charge in [-0.1, -0.05) is 34.2 Å². The van der Waals surface area contributed by atoms with E-state index in [-0.39, 0.29) is 0 Å². The van der Waals surface area contributed by atoms with Crippen LogP contribution in [-0.4, -0.2) is 19.8 Å². The molecule has 0 saturated heterocycles. The van der Waals surface area contributed by atoms with Crippen molar-refractivity contribution in [2.75, 3.05) is 5.73 Å². The highest BCUT2D eigenvalue weighted by Gasteiger charge is 2.12. The number of nitrogen functional groups attached to an aromatic ring is 1. The summed E-state index contributed by atoms with van der Waals surface area (Å²) in [5.41, 5.74) is 7.53. The predicted molar refractivity (Wildman–Crippen MR) is 75.6 cm³/mol. The molecule has 0 amide bonds. The average molecular weight is 324 g/mol. The molecule has 0 radical (unpaired) electrons. The number of hydrogen-bond donors (Lipinski definition) is 1. The molecule has 0 fully saturated rings. The van der Waals surface area contributed by atoms with Crippen molar-refractivity contribution >= 4 is 37.9 Å². The minimum absolute atomic E-state index is 0.709. The molecule has 92 valence electrons. The Balaban J connectivity index is 2.16. The minimum atomic E-state index is 0.709. The van der Waals surface area contributed by atoms with E-state index >= 15 is 0 Å². The van der Waals surface area contributed by atoms with Gasteiger partial charge in [0.1, 0.15) is 5.01 Å². The van der Waals surface area contributed by atoms with Gasteiger partial charge in [-0.05, 0) is 18.2 Å². The van der Waals surface area contributed by atoms with E-state index in [1.807, 2.05) is 25.1 Å². The first-order valence-corrected chi connectivity index (χ1v) is 7.06. The monoisotopic (exact) mass is 323 g/mol. The van der Waals surface area contributed by atoms with Crippen LogP contribution in [-0.2, 0) is 6.42 Å². The number of nitrogens with zero attached hydrogens (tertiary/aromatic N) is 4. The topological polar surface area (TPSA) is 69.1 Å². The molecule has 0 aliphatic heterocycles. The van der Waals surface area contributed by atoms with Crippen LogP contribution in [0.15, 0.2) is 22.7 Å². The first-order chi connectivity index (χ1) is 8.67. The van der Waals surface area contributed by atoms with Crippen molar-refractivity contribution < 1.29 is 0 Å². The van der Waals surface area contributed by atoms with E-state index in [1.54, 1.807) is 4.52 Å². The summed E-state index contributed by atoms with van der Waals surface area (Å²) in [6.45, 7) is 2.03. The maximum atomic E-state index is 5.83. The Labute approximate surface area is 116 Å². The summed E-state index contributed by atoms with van der Waals surface area (Å²) in [6, 6.07) is 5.76. The largest absolute Gasteiger partial charge is 0.399 e. The summed E-state index contributed by atoms with van der Waals surface area (Å²) in [6.07, 6.45) is 0.810. The molecule has 3 aromatic rings. The molecule has 2 heterocycles. The Morgan fingerprint density at radius 1 is 1.33 bits per heavy atom. The molecule has 2 aromatic heterocycles. The number of hydrogen-bond acceptors (Lipinski definition) is 5. The first-order valence-electron chi connectivity index (χ1n) is 5.45. The lowest BCUT2D eigenvalue weighted by Crippen LogP contribution is -1.93. The van der Waals surface area contributed by atoms with Gasteiger partial charge in [-0.3, -0.25) is 0 Å². The molecule has 3 rings (SSSR count). The van der Waals surface area contributed by atoms with Crippen LogP contribution < -0.4 is 5.73 Å². The Bertz CT molecular complexity index is 697. The zero-order chi connectivity index (χ0) is 12.7. The smallest absolute Gasteiger partial charge is 0.234 e. The molecule has 1 aromatic carbocycles. The third kappa shape index (κ3) is 1.89. The van der Waals surface area contributed by atoms with Gasteiger partial charge in [-0.2, -0.15) is 9.61 Å². The van der Waals surface area contributed by atoms with Crippen molar-refractivity contribution in [3.8, 4) is 10.6 Å².